The van der Waals surface area contributed by atoms with Crippen molar-refractivity contribution in [1.82, 2.24) is 4.98 Å². The van der Waals surface area contributed by atoms with Crippen LogP contribution in [0.25, 0.3) is 0 Å². The van der Waals surface area contributed by atoms with Crippen LogP contribution in [-0.4, -0.2) is 39.7 Å². The average Bonchev–Trinajstić information content (AvgIpc) is 3.64. The number of esters is 1. The maximum absolute atomic E-state index is 13.8. The molecule has 0 unspecified atom stereocenters. The molecule has 2 amide bonds. The van der Waals surface area contributed by atoms with E-state index in [2.05, 4.69) is 4.98 Å². The molecular weight excluding hydrogens is 524 g/mol. The number of thiazole rings is 1. The largest absolute Gasteiger partial charge is 0.508 e. The van der Waals surface area contributed by atoms with Crippen molar-refractivity contribution in [1.29, 1.82) is 0 Å². The number of aromatic nitrogens is 1. The van der Waals surface area contributed by atoms with Crippen molar-refractivity contribution >= 4 is 46.6 Å². The number of hydrogen-bond donors (Lipinski definition) is 2. The van der Waals surface area contributed by atoms with E-state index in [1.165, 1.54) is 16.2 Å². The van der Waals surface area contributed by atoms with Gasteiger partial charge in [0.2, 0.25) is 11.8 Å². The number of aromatic amines is 1. The van der Waals surface area contributed by atoms with Crippen LogP contribution >= 0.6 is 23.1 Å². The number of thioether (sulfide) groups is 1. The maximum atomic E-state index is 13.8. The molecule has 10 heteroatoms. The first-order chi connectivity index (χ1) is 18.4. The van der Waals surface area contributed by atoms with Gasteiger partial charge >= 0.3 is 10.8 Å². The summed E-state index contributed by atoms with van der Waals surface area (Å²) < 4.78 is 5.04. The number of anilines is 1. The molecule has 0 radical (unpaired) electrons. The number of rotatable bonds is 4. The van der Waals surface area contributed by atoms with Crippen molar-refractivity contribution < 1.29 is 24.2 Å². The molecule has 3 heterocycles. The van der Waals surface area contributed by atoms with Gasteiger partial charge in [0.25, 0.3) is 0 Å². The number of amides is 2. The van der Waals surface area contributed by atoms with Crippen molar-refractivity contribution in [2.45, 2.75) is 29.5 Å². The molecule has 3 aromatic rings. The van der Waals surface area contributed by atoms with Gasteiger partial charge in [0.1, 0.15) is 5.75 Å². The molecule has 2 aliphatic heterocycles. The molecule has 1 saturated heterocycles. The lowest BCUT2D eigenvalue weighted by Gasteiger charge is -2.43. The van der Waals surface area contributed by atoms with Gasteiger partial charge in [-0.15, -0.1) is 11.8 Å². The number of benzene rings is 2. The SMILES string of the molecule is CCOC(=O)c1ccc(N2C(=O)[C@H]3[C@@H]4C[C@@H]([C@@H]3C2=O)[C@H]2[C@H](c3ccccc3O)c3sc(=O)[nH]c3S[C@H]42)cc1. The van der Waals surface area contributed by atoms with E-state index in [-0.39, 0.29) is 58.0 Å². The van der Waals surface area contributed by atoms with Gasteiger partial charge in [-0.3, -0.25) is 19.3 Å². The highest BCUT2D eigenvalue weighted by molar-refractivity contribution is 8.00. The highest BCUT2D eigenvalue weighted by atomic mass is 32.2. The molecule has 2 N–H and O–H groups in total. The maximum Gasteiger partial charge on any atom is 0.338 e. The number of carbonyl (C=O) groups excluding carboxylic acids is 3. The number of imide groups is 1. The molecule has 2 aliphatic carbocycles. The second-order valence-corrected chi connectivity index (χ2v) is 12.5. The molecule has 2 aromatic carbocycles. The summed E-state index contributed by atoms with van der Waals surface area (Å²) in [5.41, 5.74) is 1.58. The Bertz CT molecular complexity index is 1550. The fraction of sp³-hybridized carbons (Fsp3) is 0.357. The highest BCUT2D eigenvalue weighted by Crippen LogP contribution is 2.69. The lowest BCUT2D eigenvalue weighted by Crippen LogP contribution is -2.42. The number of phenolic OH excluding ortho intramolecular Hbond substituents is 1. The van der Waals surface area contributed by atoms with Crippen molar-refractivity contribution in [2.24, 2.45) is 29.6 Å². The summed E-state index contributed by atoms with van der Waals surface area (Å²) in [6, 6.07) is 13.6. The first-order valence-corrected chi connectivity index (χ1v) is 14.4. The Morgan fingerprint density at radius 3 is 2.47 bits per heavy atom. The minimum Gasteiger partial charge on any atom is -0.508 e. The number of carbonyl (C=O) groups is 3. The molecule has 4 aliphatic rings. The predicted molar refractivity (Wildman–Crippen MR) is 141 cm³/mol. The van der Waals surface area contributed by atoms with E-state index >= 15 is 0 Å². The first kappa shape index (κ1) is 23.7. The van der Waals surface area contributed by atoms with Gasteiger partial charge in [0.15, 0.2) is 0 Å². The second-order valence-electron chi connectivity index (χ2n) is 10.3. The van der Waals surface area contributed by atoms with Gasteiger partial charge in [-0.1, -0.05) is 29.5 Å². The Balaban J connectivity index is 1.26. The normalized spacial score (nSPS) is 30.8. The van der Waals surface area contributed by atoms with Gasteiger partial charge in [-0.2, -0.15) is 0 Å². The van der Waals surface area contributed by atoms with Crippen molar-refractivity contribution in [2.75, 3.05) is 11.5 Å². The van der Waals surface area contributed by atoms with Crippen LogP contribution in [0.15, 0.2) is 58.4 Å². The molecule has 0 spiro atoms. The molecule has 7 atom stereocenters. The van der Waals surface area contributed by atoms with Crippen LogP contribution in [0.5, 0.6) is 5.75 Å². The summed E-state index contributed by atoms with van der Waals surface area (Å²) in [7, 11) is 0. The molecule has 194 valence electrons. The fourth-order valence-electron chi connectivity index (χ4n) is 7.33. The Hall–Kier alpha value is -3.37. The minimum atomic E-state index is -0.449. The van der Waals surface area contributed by atoms with Gasteiger partial charge in [-0.05, 0) is 61.4 Å². The summed E-state index contributed by atoms with van der Waals surface area (Å²) >= 11 is 2.78. The summed E-state index contributed by atoms with van der Waals surface area (Å²) in [4.78, 5) is 57.0. The molecule has 2 saturated carbocycles. The van der Waals surface area contributed by atoms with Crippen molar-refractivity contribution in [3.8, 4) is 5.75 Å². The number of H-pyrrole nitrogens is 1. The quantitative estimate of drug-likeness (QED) is 0.374. The zero-order valence-electron chi connectivity index (χ0n) is 20.3. The minimum absolute atomic E-state index is 0.00911. The summed E-state index contributed by atoms with van der Waals surface area (Å²) in [6.45, 7) is 2.00. The van der Waals surface area contributed by atoms with Crippen LogP contribution in [0.2, 0.25) is 0 Å². The van der Waals surface area contributed by atoms with Crippen LogP contribution in [0, 0.1) is 29.6 Å². The Morgan fingerprint density at radius 1 is 1.05 bits per heavy atom. The van der Waals surface area contributed by atoms with Crippen molar-refractivity contribution in [3.63, 3.8) is 0 Å². The zero-order valence-corrected chi connectivity index (χ0v) is 22.0. The van der Waals surface area contributed by atoms with E-state index in [0.717, 1.165) is 21.9 Å². The third-order valence-corrected chi connectivity index (χ3v) is 11.2. The first-order valence-electron chi connectivity index (χ1n) is 12.7. The van der Waals surface area contributed by atoms with Gasteiger partial charge < -0.3 is 14.8 Å². The summed E-state index contributed by atoms with van der Waals surface area (Å²) in [5.74, 6) is -1.79. The average molecular weight is 549 g/mol. The van der Waals surface area contributed by atoms with Gasteiger partial charge in [0, 0.05) is 21.6 Å². The van der Waals surface area contributed by atoms with Crippen LogP contribution in [0.1, 0.15) is 40.1 Å². The molecular formula is C28H24N2O6S2. The molecule has 7 rings (SSSR count). The number of para-hydroxylation sites is 1. The molecule has 1 aromatic heterocycles. The topological polar surface area (TPSA) is 117 Å². The molecule has 38 heavy (non-hydrogen) atoms. The lowest BCUT2D eigenvalue weighted by molar-refractivity contribution is -0.123. The van der Waals surface area contributed by atoms with Crippen LogP contribution in [-0.2, 0) is 14.3 Å². The van der Waals surface area contributed by atoms with Crippen LogP contribution < -0.4 is 9.77 Å². The number of nitrogens with zero attached hydrogens (tertiary/aromatic N) is 1. The van der Waals surface area contributed by atoms with E-state index in [1.54, 1.807) is 55.1 Å². The standard InChI is InChI=1S/C28H24N2O6S2/c1-2-36-27(34)12-7-9-13(10-8-12)30-25(32)20-15-11-16(21(20)26(30)33)22-19(15)18(14-5-3-4-6-17(14)31)23-24(37-22)29-28(35)38-23/h3-10,15-16,18-22,31H,2,11H2,1H3,(H,29,35)/t15-,16+,18+,19+,20+,21+,22-/m1/s1. The van der Waals surface area contributed by atoms with E-state index in [1.807, 2.05) is 12.1 Å². The summed E-state index contributed by atoms with van der Waals surface area (Å²) in [6.07, 6.45) is 0.772. The monoisotopic (exact) mass is 548 g/mol. The van der Waals surface area contributed by atoms with E-state index < -0.39 is 17.8 Å². The Labute approximate surface area is 226 Å². The van der Waals surface area contributed by atoms with E-state index in [0.29, 0.717) is 11.3 Å². The molecule has 2 bridgehead atoms. The third-order valence-electron chi connectivity index (χ3n) is 8.63. The van der Waals surface area contributed by atoms with Crippen LogP contribution in [0.3, 0.4) is 0 Å². The fourth-order valence-corrected chi connectivity index (χ4v) is 10.2. The Morgan fingerprint density at radius 2 is 1.76 bits per heavy atom. The molecule has 3 fully saturated rings. The van der Waals surface area contributed by atoms with E-state index in [4.69, 9.17) is 4.74 Å². The number of hydrogen-bond acceptors (Lipinski definition) is 8. The number of phenols is 1. The van der Waals surface area contributed by atoms with Crippen LogP contribution in [0.4, 0.5) is 5.69 Å². The number of ether oxygens (including phenoxy) is 1. The third kappa shape index (κ3) is 3.22. The number of nitrogens with one attached hydrogen (secondary N) is 1. The zero-order chi connectivity index (χ0) is 26.3. The number of aromatic hydroxyl groups is 1. The van der Waals surface area contributed by atoms with Gasteiger partial charge in [0.05, 0.1) is 34.7 Å². The number of fused-ring (bicyclic) bond motifs is 9. The smallest absolute Gasteiger partial charge is 0.338 e. The highest BCUT2D eigenvalue weighted by Gasteiger charge is 2.69. The van der Waals surface area contributed by atoms with E-state index in [9.17, 15) is 24.3 Å². The summed E-state index contributed by atoms with van der Waals surface area (Å²) in [5, 5.41) is 11.7. The lowest BCUT2D eigenvalue weighted by atomic mass is 9.68. The second kappa shape index (κ2) is 8.57. The molecule has 8 nitrogen and oxygen atoms in total. The van der Waals surface area contributed by atoms with Gasteiger partial charge in [-0.25, -0.2) is 4.79 Å². The van der Waals surface area contributed by atoms with Crippen molar-refractivity contribution in [3.05, 3.63) is 74.2 Å². The Kier molecular flexibility index (Phi) is 5.35. The predicted octanol–water partition coefficient (Wildman–Crippen LogP) is 4.00.